The molecule has 3 rings (SSSR count). The van der Waals surface area contributed by atoms with Gasteiger partial charge in [0.15, 0.2) is 0 Å². The molecule has 1 saturated carbocycles. The van der Waals surface area contributed by atoms with Gasteiger partial charge in [0.2, 0.25) is 17.7 Å². The highest BCUT2D eigenvalue weighted by atomic mass is 16.2. The highest BCUT2D eigenvalue weighted by Crippen LogP contribution is 2.32. The molecule has 2 aliphatic rings. The zero-order chi connectivity index (χ0) is 20.1. The van der Waals surface area contributed by atoms with Crippen LogP contribution in [0.2, 0.25) is 0 Å². The lowest BCUT2D eigenvalue weighted by atomic mass is 9.80. The Morgan fingerprint density at radius 3 is 2.25 bits per heavy atom. The molecule has 1 unspecified atom stereocenters. The predicted molar refractivity (Wildman–Crippen MR) is 110 cm³/mol. The van der Waals surface area contributed by atoms with E-state index in [1.807, 2.05) is 11.0 Å². The molecule has 0 aromatic heterocycles. The van der Waals surface area contributed by atoms with Gasteiger partial charge >= 0.3 is 0 Å². The molecule has 3 amide bonds. The lowest BCUT2D eigenvalue weighted by Crippen LogP contribution is -2.43. The summed E-state index contributed by atoms with van der Waals surface area (Å²) < 4.78 is 0. The van der Waals surface area contributed by atoms with E-state index in [9.17, 15) is 14.4 Å². The van der Waals surface area contributed by atoms with Crippen molar-refractivity contribution in [2.75, 3.05) is 23.7 Å². The lowest BCUT2D eigenvalue weighted by molar-refractivity contribution is -0.139. The number of piperidine rings is 1. The smallest absolute Gasteiger partial charge is 0.227 e. The SMILES string of the molecule is CC(=O)Nc1cccc(NC(=O)C2CCC(C(=O)N3CCCC(C)C3)CC2)c1. The minimum Gasteiger partial charge on any atom is -0.342 e. The van der Waals surface area contributed by atoms with Crippen molar-refractivity contribution in [3.05, 3.63) is 24.3 Å². The summed E-state index contributed by atoms with van der Waals surface area (Å²) >= 11 is 0. The van der Waals surface area contributed by atoms with Crippen molar-refractivity contribution in [2.45, 2.75) is 52.4 Å². The summed E-state index contributed by atoms with van der Waals surface area (Å²) in [6, 6.07) is 7.16. The summed E-state index contributed by atoms with van der Waals surface area (Å²) in [5.74, 6) is 0.736. The maximum atomic E-state index is 12.8. The summed E-state index contributed by atoms with van der Waals surface area (Å²) in [7, 11) is 0. The molecule has 1 aliphatic heterocycles. The molecule has 2 N–H and O–H groups in total. The molecule has 0 spiro atoms. The molecule has 6 heteroatoms. The second kappa shape index (κ2) is 9.22. The first-order chi connectivity index (χ1) is 13.4. The van der Waals surface area contributed by atoms with Crippen LogP contribution in [-0.2, 0) is 14.4 Å². The molecular formula is C22H31N3O3. The van der Waals surface area contributed by atoms with Gasteiger partial charge in [0.05, 0.1) is 0 Å². The van der Waals surface area contributed by atoms with Crippen LogP contribution >= 0.6 is 0 Å². The maximum Gasteiger partial charge on any atom is 0.227 e. The molecule has 152 valence electrons. The first kappa shape index (κ1) is 20.4. The third-order valence-electron chi connectivity index (χ3n) is 5.87. The zero-order valence-electron chi connectivity index (χ0n) is 16.9. The average molecular weight is 386 g/mol. The van der Waals surface area contributed by atoms with Gasteiger partial charge in [0, 0.05) is 43.2 Å². The Morgan fingerprint density at radius 1 is 0.964 bits per heavy atom. The van der Waals surface area contributed by atoms with Crippen molar-refractivity contribution in [1.29, 1.82) is 0 Å². The van der Waals surface area contributed by atoms with Crippen molar-refractivity contribution < 1.29 is 14.4 Å². The molecule has 1 saturated heterocycles. The third kappa shape index (κ3) is 5.33. The number of anilines is 2. The van der Waals surface area contributed by atoms with Gasteiger partial charge in [0.25, 0.3) is 0 Å². The molecule has 1 heterocycles. The van der Waals surface area contributed by atoms with Crippen molar-refractivity contribution >= 4 is 29.1 Å². The predicted octanol–water partition coefficient (Wildman–Crippen LogP) is 3.65. The number of hydrogen-bond acceptors (Lipinski definition) is 3. The number of rotatable bonds is 4. The number of nitrogens with zero attached hydrogens (tertiary/aromatic N) is 1. The van der Waals surface area contributed by atoms with E-state index in [2.05, 4.69) is 17.6 Å². The fraction of sp³-hybridized carbons (Fsp3) is 0.591. The maximum absolute atomic E-state index is 12.8. The number of likely N-dealkylation sites (tertiary alicyclic amines) is 1. The Bertz CT molecular complexity index is 725. The van der Waals surface area contributed by atoms with Gasteiger partial charge in [0.1, 0.15) is 0 Å². The molecular weight excluding hydrogens is 354 g/mol. The fourth-order valence-corrected chi connectivity index (χ4v) is 4.37. The van der Waals surface area contributed by atoms with Gasteiger partial charge in [-0.2, -0.15) is 0 Å². The Kier molecular flexibility index (Phi) is 6.70. The Morgan fingerprint density at radius 2 is 1.61 bits per heavy atom. The molecule has 2 fully saturated rings. The Labute approximate surface area is 167 Å². The largest absolute Gasteiger partial charge is 0.342 e. The highest BCUT2D eigenvalue weighted by Gasteiger charge is 2.33. The molecule has 0 radical (unpaired) electrons. The van der Waals surface area contributed by atoms with E-state index in [0.717, 1.165) is 45.2 Å². The molecule has 1 aromatic carbocycles. The van der Waals surface area contributed by atoms with Gasteiger partial charge in [-0.25, -0.2) is 0 Å². The molecule has 1 aliphatic carbocycles. The van der Waals surface area contributed by atoms with E-state index >= 15 is 0 Å². The minimum absolute atomic E-state index is 0.00234. The van der Waals surface area contributed by atoms with E-state index < -0.39 is 0 Å². The topological polar surface area (TPSA) is 78.5 Å². The Hall–Kier alpha value is -2.37. The van der Waals surface area contributed by atoms with E-state index in [1.54, 1.807) is 18.2 Å². The van der Waals surface area contributed by atoms with Crippen molar-refractivity contribution in [2.24, 2.45) is 17.8 Å². The Balaban J connectivity index is 1.50. The van der Waals surface area contributed by atoms with Gasteiger partial charge in [-0.1, -0.05) is 13.0 Å². The summed E-state index contributed by atoms with van der Waals surface area (Å²) in [5, 5.41) is 5.67. The normalized spacial score (nSPS) is 25.1. The molecule has 6 nitrogen and oxygen atoms in total. The quantitative estimate of drug-likeness (QED) is 0.830. The van der Waals surface area contributed by atoms with Gasteiger partial charge < -0.3 is 15.5 Å². The van der Waals surface area contributed by atoms with Gasteiger partial charge in [-0.15, -0.1) is 0 Å². The summed E-state index contributed by atoms with van der Waals surface area (Å²) in [6.45, 7) is 5.43. The minimum atomic E-state index is -0.144. The summed E-state index contributed by atoms with van der Waals surface area (Å²) in [4.78, 5) is 38.6. The monoisotopic (exact) mass is 385 g/mol. The number of amides is 3. The zero-order valence-corrected chi connectivity index (χ0v) is 16.9. The van der Waals surface area contributed by atoms with Crippen LogP contribution in [-0.4, -0.2) is 35.7 Å². The van der Waals surface area contributed by atoms with E-state index in [0.29, 0.717) is 17.3 Å². The number of carbonyl (C=O) groups is 3. The van der Waals surface area contributed by atoms with Crippen LogP contribution in [0.15, 0.2) is 24.3 Å². The van der Waals surface area contributed by atoms with Crippen LogP contribution in [0.4, 0.5) is 11.4 Å². The third-order valence-corrected chi connectivity index (χ3v) is 5.87. The fourth-order valence-electron chi connectivity index (χ4n) is 4.37. The van der Waals surface area contributed by atoms with Crippen LogP contribution in [0.1, 0.15) is 52.4 Å². The van der Waals surface area contributed by atoms with Crippen molar-refractivity contribution in [3.63, 3.8) is 0 Å². The summed E-state index contributed by atoms with van der Waals surface area (Å²) in [5.41, 5.74) is 1.34. The molecule has 1 atom stereocenters. The van der Waals surface area contributed by atoms with E-state index in [4.69, 9.17) is 0 Å². The highest BCUT2D eigenvalue weighted by molar-refractivity contribution is 5.94. The molecule has 1 aromatic rings. The van der Waals surface area contributed by atoms with Crippen LogP contribution in [0.5, 0.6) is 0 Å². The molecule has 28 heavy (non-hydrogen) atoms. The van der Waals surface area contributed by atoms with E-state index in [1.165, 1.54) is 13.3 Å². The first-order valence-corrected chi connectivity index (χ1v) is 10.4. The number of nitrogens with one attached hydrogen (secondary N) is 2. The van der Waals surface area contributed by atoms with Gasteiger partial charge in [-0.3, -0.25) is 14.4 Å². The number of benzene rings is 1. The van der Waals surface area contributed by atoms with Crippen LogP contribution < -0.4 is 10.6 Å². The first-order valence-electron chi connectivity index (χ1n) is 10.4. The van der Waals surface area contributed by atoms with Crippen molar-refractivity contribution in [3.8, 4) is 0 Å². The summed E-state index contributed by atoms with van der Waals surface area (Å²) in [6.07, 6.45) is 5.37. The standard InChI is InChI=1S/C22H31N3O3/c1-15-5-4-12-25(14-15)22(28)18-10-8-17(9-11-18)21(27)24-20-7-3-6-19(13-20)23-16(2)26/h3,6-7,13,15,17-18H,4-5,8-12,14H2,1-2H3,(H,23,26)(H,24,27). The van der Waals surface area contributed by atoms with Gasteiger partial charge in [-0.05, 0) is 62.6 Å². The van der Waals surface area contributed by atoms with E-state index in [-0.39, 0.29) is 29.6 Å². The van der Waals surface area contributed by atoms with Crippen LogP contribution in [0, 0.1) is 17.8 Å². The second-order valence-electron chi connectivity index (χ2n) is 8.33. The molecule has 0 bridgehead atoms. The average Bonchev–Trinajstić information content (AvgIpc) is 2.67. The lowest BCUT2D eigenvalue weighted by Gasteiger charge is -2.35. The second-order valence-corrected chi connectivity index (χ2v) is 8.33. The number of carbonyl (C=O) groups excluding carboxylic acids is 3. The van der Waals surface area contributed by atoms with Crippen LogP contribution in [0.3, 0.4) is 0 Å². The number of hydrogen-bond donors (Lipinski definition) is 2. The van der Waals surface area contributed by atoms with Crippen LogP contribution in [0.25, 0.3) is 0 Å². The van der Waals surface area contributed by atoms with Crippen molar-refractivity contribution in [1.82, 2.24) is 4.90 Å².